The molecule has 2 heterocycles. The molecule has 1 saturated heterocycles. The van der Waals surface area contributed by atoms with Gasteiger partial charge in [0.25, 0.3) is 23.4 Å². The maximum absolute atomic E-state index is 13.6. The van der Waals surface area contributed by atoms with Gasteiger partial charge in [-0.2, -0.15) is 0 Å². The lowest BCUT2D eigenvalue weighted by molar-refractivity contribution is -0.385. The van der Waals surface area contributed by atoms with E-state index < -0.39 is 40.4 Å². The smallest absolute Gasteiger partial charge is 0.282 e. The molecule has 5 rings (SSSR count). The molecule has 0 aromatic heterocycles. The highest BCUT2D eigenvalue weighted by atomic mass is 35.5. The summed E-state index contributed by atoms with van der Waals surface area (Å²) in [6.07, 6.45) is 0. The SMILES string of the molecule is CCOc1ccc([C@@H]2[C@H](N3C(=O)c4cccc([N+](=O)[O-])c4C3=O)C(=O)N2c2cccc(Cl)c2C)cc1. The first-order chi connectivity index (χ1) is 17.3. The van der Waals surface area contributed by atoms with Gasteiger partial charge in [-0.1, -0.05) is 35.9 Å². The number of rotatable bonds is 6. The summed E-state index contributed by atoms with van der Waals surface area (Å²) >= 11 is 6.32. The normalized spacial score (nSPS) is 18.8. The molecule has 3 aromatic rings. The molecule has 0 N–H and O–H groups in total. The number of anilines is 1. The zero-order valence-corrected chi connectivity index (χ0v) is 20.1. The topological polar surface area (TPSA) is 110 Å². The van der Waals surface area contributed by atoms with Crippen molar-refractivity contribution in [2.45, 2.75) is 25.9 Å². The Labute approximate surface area is 211 Å². The first kappa shape index (κ1) is 23.5. The fourth-order valence-electron chi connectivity index (χ4n) is 4.80. The van der Waals surface area contributed by atoms with Crippen molar-refractivity contribution in [2.24, 2.45) is 0 Å². The molecule has 0 saturated carbocycles. The zero-order valence-electron chi connectivity index (χ0n) is 19.3. The first-order valence-electron chi connectivity index (χ1n) is 11.2. The molecule has 0 radical (unpaired) electrons. The number of amides is 3. The lowest BCUT2D eigenvalue weighted by Gasteiger charge is -2.50. The fraction of sp³-hybridized carbons (Fsp3) is 0.192. The predicted molar refractivity (Wildman–Crippen MR) is 131 cm³/mol. The lowest BCUT2D eigenvalue weighted by Crippen LogP contribution is -2.67. The van der Waals surface area contributed by atoms with Crippen LogP contribution in [0.15, 0.2) is 60.7 Å². The number of nitrogens with zero attached hydrogens (tertiary/aromatic N) is 3. The number of hydrogen-bond donors (Lipinski definition) is 0. The minimum atomic E-state index is -1.19. The molecule has 9 nitrogen and oxygen atoms in total. The Morgan fingerprint density at radius 1 is 0.944 bits per heavy atom. The molecule has 10 heteroatoms. The quantitative estimate of drug-likeness (QED) is 0.208. The maximum atomic E-state index is 13.6. The van der Waals surface area contributed by atoms with Gasteiger partial charge in [-0.3, -0.25) is 29.4 Å². The second-order valence-electron chi connectivity index (χ2n) is 8.42. The van der Waals surface area contributed by atoms with Crippen LogP contribution >= 0.6 is 11.6 Å². The Kier molecular flexibility index (Phi) is 5.72. The van der Waals surface area contributed by atoms with Crippen LogP contribution in [-0.2, 0) is 4.79 Å². The van der Waals surface area contributed by atoms with Gasteiger partial charge >= 0.3 is 0 Å². The van der Waals surface area contributed by atoms with Crippen molar-refractivity contribution < 1.29 is 24.0 Å². The molecule has 0 unspecified atom stereocenters. The van der Waals surface area contributed by atoms with E-state index in [4.69, 9.17) is 16.3 Å². The van der Waals surface area contributed by atoms with E-state index in [2.05, 4.69) is 0 Å². The van der Waals surface area contributed by atoms with E-state index in [9.17, 15) is 24.5 Å². The molecule has 0 spiro atoms. The fourth-order valence-corrected chi connectivity index (χ4v) is 4.97. The molecule has 3 aromatic carbocycles. The van der Waals surface area contributed by atoms with E-state index in [1.54, 1.807) is 49.4 Å². The Balaban J connectivity index is 1.61. The average molecular weight is 506 g/mol. The van der Waals surface area contributed by atoms with Crippen molar-refractivity contribution in [3.8, 4) is 5.75 Å². The van der Waals surface area contributed by atoms with Crippen LogP contribution in [0.25, 0.3) is 0 Å². The average Bonchev–Trinajstić information content (AvgIpc) is 3.11. The van der Waals surface area contributed by atoms with Crippen LogP contribution in [0.5, 0.6) is 5.75 Å². The summed E-state index contributed by atoms with van der Waals surface area (Å²) in [7, 11) is 0. The number of benzene rings is 3. The van der Waals surface area contributed by atoms with Gasteiger partial charge in [0.05, 0.1) is 23.1 Å². The highest BCUT2D eigenvalue weighted by molar-refractivity contribution is 6.32. The number of β-lactam (4-membered cyclic amide) rings is 1. The summed E-state index contributed by atoms with van der Waals surface area (Å²) in [5.74, 6) is -1.46. The number of nitro benzene ring substituents is 1. The second kappa shape index (κ2) is 8.76. The van der Waals surface area contributed by atoms with Crippen molar-refractivity contribution in [1.29, 1.82) is 0 Å². The number of imide groups is 1. The highest BCUT2D eigenvalue weighted by Crippen LogP contribution is 2.46. The summed E-state index contributed by atoms with van der Waals surface area (Å²) in [6, 6.07) is 14.1. The summed E-state index contributed by atoms with van der Waals surface area (Å²) in [4.78, 5) is 53.5. The predicted octanol–water partition coefficient (Wildman–Crippen LogP) is 4.71. The molecule has 182 valence electrons. The monoisotopic (exact) mass is 505 g/mol. The van der Waals surface area contributed by atoms with Gasteiger partial charge in [-0.15, -0.1) is 0 Å². The number of nitro groups is 1. The summed E-state index contributed by atoms with van der Waals surface area (Å²) in [6.45, 7) is 4.12. The third kappa shape index (κ3) is 3.43. The molecule has 2 atom stereocenters. The Morgan fingerprint density at radius 2 is 1.64 bits per heavy atom. The molecule has 36 heavy (non-hydrogen) atoms. The lowest BCUT2D eigenvalue weighted by atomic mass is 9.85. The van der Waals surface area contributed by atoms with Crippen LogP contribution in [0, 0.1) is 17.0 Å². The number of halogens is 1. The first-order valence-corrected chi connectivity index (χ1v) is 11.6. The van der Waals surface area contributed by atoms with Gasteiger partial charge in [0.1, 0.15) is 17.4 Å². The minimum Gasteiger partial charge on any atom is -0.494 e. The zero-order chi connectivity index (χ0) is 25.7. The van der Waals surface area contributed by atoms with Crippen LogP contribution < -0.4 is 9.64 Å². The Hall–Kier alpha value is -4.24. The van der Waals surface area contributed by atoms with E-state index in [-0.39, 0.29) is 11.1 Å². The molecule has 0 aliphatic carbocycles. The molecule has 2 aliphatic heterocycles. The van der Waals surface area contributed by atoms with E-state index in [1.807, 2.05) is 6.92 Å². The minimum absolute atomic E-state index is 0.0928. The second-order valence-corrected chi connectivity index (χ2v) is 8.83. The van der Waals surface area contributed by atoms with Crippen LogP contribution in [0.4, 0.5) is 11.4 Å². The van der Waals surface area contributed by atoms with E-state index in [1.165, 1.54) is 23.1 Å². The summed E-state index contributed by atoms with van der Waals surface area (Å²) in [5, 5.41) is 12.0. The Bertz CT molecular complexity index is 1440. The number of carbonyl (C=O) groups excluding carboxylic acids is 3. The molecule has 3 amide bonds. The molecule has 1 fully saturated rings. The standard InChI is InChI=1S/C26H20ClN3O6/c1-3-36-16-12-10-15(11-13-16)22-23(26(33)28(22)19-8-5-7-18(27)14(19)2)29-24(31)17-6-4-9-20(30(34)35)21(17)25(29)32/h4-13,22-23H,3H2,1-2H3/t22-,23+/m1/s1. The van der Waals surface area contributed by atoms with Gasteiger partial charge in [0, 0.05) is 16.8 Å². The number of hydrogen-bond acceptors (Lipinski definition) is 6. The van der Waals surface area contributed by atoms with Crippen LogP contribution in [0.3, 0.4) is 0 Å². The van der Waals surface area contributed by atoms with Gasteiger partial charge in [-0.05, 0) is 55.3 Å². The van der Waals surface area contributed by atoms with Crippen molar-refractivity contribution in [3.63, 3.8) is 0 Å². The van der Waals surface area contributed by atoms with Crippen molar-refractivity contribution in [3.05, 3.63) is 98.1 Å². The summed E-state index contributed by atoms with van der Waals surface area (Å²) < 4.78 is 5.52. The van der Waals surface area contributed by atoms with Gasteiger partial charge < -0.3 is 9.64 Å². The van der Waals surface area contributed by atoms with Gasteiger partial charge in [-0.25, -0.2) is 0 Å². The molecular formula is C26H20ClN3O6. The van der Waals surface area contributed by atoms with E-state index in [0.717, 1.165) is 4.90 Å². The van der Waals surface area contributed by atoms with E-state index >= 15 is 0 Å². The molecular weight excluding hydrogens is 486 g/mol. The molecule has 0 bridgehead atoms. The maximum Gasteiger partial charge on any atom is 0.282 e. The van der Waals surface area contributed by atoms with Crippen molar-refractivity contribution >= 4 is 40.7 Å². The number of ether oxygens (including phenoxy) is 1. The van der Waals surface area contributed by atoms with Crippen LogP contribution in [-0.4, -0.2) is 40.2 Å². The van der Waals surface area contributed by atoms with Gasteiger partial charge in [0.15, 0.2) is 0 Å². The van der Waals surface area contributed by atoms with E-state index in [0.29, 0.717) is 34.2 Å². The number of fused-ring (bicyclic) bond motifs is 1. The third-order valence-electron chi connectivity index (χ3n) is 6.50. The summed E-state index contributed by atoms with van der Waals surface area (Å²) in [5.41, 5.74) is 1.01. The van der Waals surface area contributed by atoms with Crippen LogP contribution in [0.1, 0.15) is 44.8 Å². The third-order valence-corrected chi connectivity index (χ3v) is 6.91. The van der Waals surface area contributed by atoms with Crippen molar-refractivity contribution in [2.75, 3.05) is 11.5 Å². The highest BCUT2D eigenvalue weighted by Gasteiger charge is 2.58. The number of carbonyl (C=O) groups is 3. The Morgan fingerprint density at radius 3 is 2.31 bits per heavy atom. The van der Waals surface area contributed by atoms with Crippen molar-refractivity contribution in [1.82, 2.24) is 4.90 Å². The van der Waals surface area contributed by atoms with Gasteiger partial charge in [0.2, 0.25) is 0 Å². The van der Waals surface area contributed by atoms with Crippen LogP contribution in [0.2, 0.25) is 5.02 Å². The molecule has 2 aliphatic rings. The largest absolute Gasteiger partial charge is 0.494 e.